The molecule has 0 aliphatic rings. The highest BCUT2D eigenvalue weighted by Crippen LogP contribution is 2.13. The first kappa shape index (κ1) is 12.8. The summed E-state index contributed by atoms with van der Waals surface area (Å²) >= 11 is 0. The number of carbonyl (C=O) groups is 2. The molecule has 0 aliphatic heterocycles. The molecule has 19 heavy (non-hydrogen) atoms. The van der Waals surface area contributed by atoms with Crippen molar-refractivity contribution in [2.45, 2.75) is 6.42 Å². The highest BCUT2D eigenvalue weighted by molar-refractivity contribution is 5.98. The number of hydrogen-bond acceptors (Lipinski definition) is 3. The Hall–Kier alpha value is -2.62. The highest BCUT2D eigenvalue weighted by atomic mass is 16.3. The maximum Gasteiger partial charge on any atom is 0.248 e. The zero-order valence-electron chi connectivity index (χ0n) is 10.2. The van der Waals surface area contributed by atoms with Gasteiger partial charge in [0, 0.05) is 17.5 Å². The van der Waals surface area contributed by atoms with Gasteiger partial charge in [-0.1, -0.05) is 12.1 Å². The monoisotopic (exact) mass is 255 g/mol. The molecular weight excluding hydrogens is 242 g/mol. The Bertz CT molecular complexity index is 600. The lowest BCUT2D eigenvalue weighted by Gasteiger charge is -2.03. The van der Waals surface area contributed by atoms with Crippen LogP contribution in [0.3, 0.4) is 0 Å². The molecule has 3 N–H and O–H groups in total. The molecule has 96 valence electrons. The fourth-order valence-electron chi connectivity index (χ4n) is 1.72. The van der Waals surface area contributed by atoms with E-state index in [9.17, 15) is 9.59 Å². The number of amides is 1. The number of nitrogens with two attached hydrogens (primary N) is 1. The number of hydrogen-bond donors (Lipinski definition) is 2. The van der Waals surface area contributed by atoms with Crippen molar-refractivity contribution >= 4 is 11.7 Å². The summed E-state index contributed by atoms with van der Waals surface area (Å²) in [5.74, 6) is -0.411. The lowest BCUT2D eigenvalue weighted by atomic mass is 10.0. The van der Waals surface area contributed by atoms with E-state index in [4.69, 9.17) is 10.8 Å². The minimum absolute atomic E-state index is 0.0492. The van der Waals surface area contributed by atoms with Gasteiger partial charge in [-0.05, 0) is 42.0 Å². The molecule has 1 amide bonds. The molecule has 4 nitrogen and oxygen atoms in total. The van der Waals surface area contributed by atoms with E-state index < -0.39 is 5.91 Å². The summed E-state index contributed by atoms with van der Waals surface area (Å²) in [6, 6.07) is 12.7. The Morgan fingerprint density at radius 1 is 0.895 bits per heavy atom. The van der Waals surface area contributed by atoms with Crippen molar-refractivity contribution in [2.75, 3.05) is 0 Å². The molecule has 0 radical (unpaired) electrons. The largest absolute Gasteiger partial charge is 0.508 e. The lowest BCUT2D eigenvalue weighted by molar-refractivity contribution is 0.0989. The van der Waals surface area contributed by atoms with Crippen LogP contribution in [-0.2, 0) is 6.42 Å². The van der Waals surface area contributed by atoms with Crippen molar-refractivity contribution in [3.05, 3.63) is 65.2 Å². The highest BCUT2D eigenvalue weighted by Gasteiger charge is 2.07. The fourth-order valence-corrected chi connectivity index (χ4v) is 1.72. The molecule has 0 saturated heterocycles. The van der Waals surface area contributed by atoms with Crippen molar-refractivity contribution in [2.24, 2.45) is 5.73 Å². The number of phenolic OH excluding ortho intramolecular Hbond substituents is 1. The smallest absolute Gasteiger partial charge is 0.248 e. The summed E-state index contributed by atoms with van der Waals surface area (Å²) in [5, 5.41) is 9.16. The van der Waals surface area contributed by atoms with Crippen molar-refractivity contribution in [1.82, 2.24) is 0 Å². The molecule has 0 heterocycles. The summed E-state index contributed by atoms with van der Waals surface area (Å²) in [7, 11) is 0. The van der Waals surface area contributed by atoms with E-state index in [0.717, 1.165) is 5.56 Å². The second-order valence-electron chi connectivity index (χ2n) is 4.21. The number of ketones is 1. The first-order chi connectivity index (χ1) is 9.06. The van der Waals surface area contributed by atoms with Crippen LogP contribution in [0.15, 0.2) is 48.5 Å². The number of primary amides is 1. The summed E-state index contributed by atoms with van der Waals surface area (Å²) in [6.45, 7) is 0. The number of aromatic hydroxyl groups is 1. The van der Waals surface area contributed by atoms with Crippen molar-refractivity contribution in [1.29, 1.82) is 0 Å². The molecule has 0 aromatic heterocycles. The lowest BCUT2D eigenvalue weighted by Crippen LogP contribution is -2.11. The van der Waals surface area contributed by atoms with Gasteiger partial charge < -0.3 is 10.8 Å². The van der Waals surface area contributed by atoms with E-state index in [2.05, 4.69) is 0 Å². The van der Waals surface area contributed by atoms with Crippen LogP contribution in [0.5, 0.6) is 5.75 Å². The van der Waals surface area contributed by atoms with Crippen LogP contribution in [0.1, 0.15) is 26.3 Å². The molecule has 0 saturated carbocycles. The third-order valence-corrected chi connectivity index (χ3v) is 2.79. The molecular formula is C15H13NO3. The molecule has 0 atom stereocenters. The Morgan fingerprint density at radius 3 is 1.95 bits per heavy atom. The molecule has 4 heteroatoms. The van der Waals surface area contributed by atoms with Gasteiger partial charge in [-0.25, -0.2) is 0 Å². The topological polar surface area (TPSA) is 80.4 Å². The van der Waals surface area contributed by atoms with E-state index in [1.165, 1.54) is 12.1 Å². The van der Waals surface area contributed by atoms with Gasteiger partial charge in [0.1, 0.15) is 5.75 Å². The third-order valence-electron chi connectivity index (χ3n) is 2.79. The maximum atomic E-state index is 12.0. The van der Waals surface area contributed by atoms with E-state index in [0.29, 0.717) is 11.1 Å². The molecule has 0 aliphatic carbocycles. The van der Waals surface area contributed by atoms with Gasteiger partial charge in [0.05, 0.1) is 0 Å². The molecule has 2 aromatic rings. The van der Waals surface area contributed by atoms with Crippen LogP contribution in [0.2, 0.25) is 0 Å². The summed E-state index contributed by atoms with van der Waals surface area (Å²) in [4.78, 5) is 22.9. The minimum Gasteiger partial charge on any atom is -0.508 e. The predicted molar refractivity (Wildman–Crippen MR) is 71.1 cm³/mol. The van der Waals surface area contributed by atoms with Gasteiger partial charge in [-0.15, -0.1) is 0 Å². The van der Waals surface area contributed by atoms with Crippen molar-refractivity contribution in [3.8, 4) is 5.75 Å². The number of carbonyl (C=O) groups excluding carboxylic acids is 2. The summed E-state index contributed by atoms with van der Waals surface area (Å²) < 4.78 is 0. The standard InChI is InChI=1S/C15H13NO3/c16-15(19)12-3-1-10(2-4-12)9-14(18)11-5-7-13(17)8-6-11/h1-8,17H,9H2,(H2,16,19). The van der Waals surface area contributed by atoms with Gasteiger partial charge >= 0.3 is 0 Å². The Balaban J connectivity index is 2.10. The maximum absolute atomic E-state index is 12.0. The van der Waals surface area contributed by atoms with E-state index >= 15 is 0 Å². The Kier molecular flexibility index (Phi) is 3.61. The number of Topliss-reactive ketones (excluding diaryl/α,β-unsaturated/α-hetero) is 1. The third kappa shape index (κ3) is 3.19. The zero-order valence-corrected chi connectivity index (χ0v) is 10.2. The summed E-state index contributed by atoms with van der Waals surface area (Å²) in [6.07, 6.45) is 0.240. The van der Waals surface area contributed by atoms with Gasteiger partial charge in [-0.3, -0.25) is 9.59 Å². The van der Waals surface area contributed by atoms with Crippen LogP contribution in [0.4, 0.5) is 0 Å². The van der Waals surface area contributed by atoms with Crippen LogP contribution in [-0.4, -0.2) is 16.8 Å². The molecule has 0 fully saturated rings. The Labute approximate surface area is 110 Å². The van der Waals surface area contributed by atoms with Crippen LogP contribution < -0.4 is 5.73 Å². The van der Waals surface area contributed by atoms with E-state index in [-0.39, 0.29) is 18.0 Å². The molecule has 0 unspecified atom stereocenters. The van der Waals surface area contributed by atoms with Crippen LogP contribution in [0.25, 0.3) is 0 Å². The van der Waals surface area contributed by atoms with Crippen molar-refractivity contribution < 1.29 is 14.7 Å². The zero-order chi connectivity index (χ0) is 13.8. The van der Waals surface area contributed by atoms with Crippen molar-refractivity contribution in [3.63, 3.8) is 0 Å². The van der Waals surface area contributed by atoms with E-state index in [1.807, 2.05) is 0 Å². The minimum atomic E-state index is -0.489. The molecule has 0 bridgehead atoms. The normalized spacial score (nSPS) is 10.1. The molecule has 0 spiro atoms. The van der Waals surface area contributed by atoms with E-state index in [1.54, 1.807) is 36.4 Å². The average Bonchev–Trinajstić information content (AvgIpc) is 2.40. The second kappa shape index (κ2) is 5.35. The quantitative estimate of drug-likeness (QED) is 0.819. The summed E-state index contributed by atoms with van der Waals surface area (Å²) in [5.41, 5.74) is 6.91. The molecule has 2 aromatic carbocycles. The second-order valence-corrected chi connectivity index (χ2v) is 4.21. The Morgan fingerprint density at radius 2 is 1.42 bits per heavy atom. The number of rotatable bonds is 4. The van der Waals surface area contributed by atoms with Gasteiger partial charge in [0.25, 0.3) is 0 Å². The van der Waals surface area contributed by atoms with Gasteiger partial charge in [0.15, 0.2) is 5.78 Å². The van der Waals surface area contributed by atoms with Gasteiger partial charge in [0.2, 0.25) is 5.91 Å². The SMILES string of the molecule is NC(=O)c1ccc(CC(=O)c2ccc(O)cc2)cc1. The molecule has 2 rings (SSSR count). The van der Waals surface area contributed by atoms with Gasteiger partial charge in [-0.2, -0.15) is 0 Å². The first-order valence-electron chi connectivity index (χ1n) is 5.77. The predicted octanol–water partition coefficient (Wildman–Crippen LogP) is 1.92. The fraction of sp³-hybridized carbons (Fsp3) is 0.0667. The number of phenols is 1. The van der Waals surface area contributed by atoms with Crippen LogP contribution >= 0.6 is 0 Å². The average molecular weight is 255 g/mol. The first-order valence-corrected chi connectivity index (χ1v) is 5.77. The number of benzene rings is 2. The van der Waals surface area contributed by atoms with Crippen LogP contribution in [0, 0.1) is 0 Å².